The van der Waals surface area contributed by atoms with Gasteiger partial charge in [-0.3, -0.25) is 29.3 Å². The van der Waals surface area contributed by atoms with Crippen molar-refractivity contribution >= 4 is 35.9 Å². The van der Waals surface area contributed by atoms with Crippen molar-refractivity contribution in [2.24, 2.45) is 32.7 Å². The number of ketones is 1. The number of nitrogens with one attached hydrogen (secondary N) is 1. The minimum atomic E-state index is -0.731. The predicted molar refractivity (Wildman–Crippen MR) is 213 cm³/mol. The number of aliphatic imine (C=N–C) groups is 2. The van der Waals surface area contributed by atoms with Gasteiger partial charge in [-0.2, -0.15) is 9.59 Å². The van der Waals surface area contributed by atoms with Crippen LogP contribution in [-0.2, 0) is 38.2 Å². The number of hydrogen-bond donors (Lipinski definition) is 3. The van der Waals surface area contributed by atoms with Crippen LogP contribution < -0.4 is 5.32 Å². The van der Waals surface area contributed by atoms with Gasteiger partial charge in [-0.05, 0) is 87.1 Å². The second-order valence-corrected chi connectivity index (χ2v) is 17.7. The first-order valence-electron chi connectivity index (χ1n) is 20.9. The number of aliphatic hydroxyl groups is 2. The van der Waals surface area contributed by atoms with Crippen LogP contribution >= 0.6 is 0 Å². The van der Waals surface area contributed by atoms with Gasteiger partial charge < -0.3 is 29.7 Å². The van der Waals surface area contributed by atoms with Crippen molar-refractivity contribution in [1.82, 2.24) is 20.0 Å². The third-order valence-corrected chi connectivity index (χ3v) is 14.7. The van der Waals surface area contributed by atoms with E-state index in [0.29, 0.717) is 62.8 Å². The molecule has 3 N–H and O–H groups in total. The van der Waals surface area contributed by atoms with Gasteiger partial charge in [0.2, 0.25) is 5.91 Å². The Balaban J connectivity index is 0.00000171. The van der Waals surface area contributed by atoms with Gasteiger partial charge in [-0.15, -0.1) is 0 Å². The van der Waals surface area contributed by atoms with Gasteiger partial charge in [0.05, 0.1) is 63.2 Å². The number of epoxide rings is 1. The van der Waals surface area contributed by atoms with Crippen LogP contribution in [0.3, 0.4) is 0 Å². The molecule has 1 amide bonds. The quantitative estimate of drug-likeness (QED) is 0.189. The predicted octanol–water partition coefficient (Wildman–Crippen LogP) is 1.55. The van der Waals surface area contributed by atoms with Gasteiger partial charge in [0.25, 0.3) is 0 Å². The van der Waals surface area contributed by atoms with E-state index in [9.17, 15) is 24.6 Å². The average Bonchev–Trinajstić information content (AvgIpc) is 3.52. The van der Waals surface area contributed by atoms with Crippen molar-refractivity contribution in [3.63, 3.8) is 0 Å². The first-order chi connectivity index (χ1) is 28.2. The third-order valence-electron chi connectivity index (χ3n) is 14.7. The summed E-state index contributed by atoms with van der Waals surface area (Å²) >= 11 is 0. The highest BCUT2D eigenvalue weighted by molar-refractivity contribution is 6.07. The highest BCUT2D eigenvalue weighted by Crippen LogP contribution is 2.67. The maximum absolute atomic E-state index is 14.0. The number of Topliss-reactive ketones (excluding diaryl/α,β-unsaturated/α-hetero) is 1. The first-order valence-corrected chi connectivity index (χ1v) is 20.9. The summed E-state index contributed by atoms with van der Waals surface area (Å²) in [6.07, 6.45) is 13.7. The molecule has 0 bridgehead atoms. The Morgan fingerprint density at radius 2 is 1.93 bits per heavy atom. The molecule has 0 radical (unpaired) electrons. The van der Waals surface area contributed by atoms with Crippen LogP contribution in [0.2, 0.25) is 0 Å². The Hall–Kier alpha value is -3.99. The number of esters is 1. The number of hydrogen-bond acceptors (Lipinski definition) is 15. The first kappa shape index (κ1) is 43.1. The van der Waals surface area contributed by atoms with Crippen molar-refractivity contribution in [2.45, 2.75) is 108 Å². The lowest BCUT2D eigenvalue weighted by Crippen LogP contribution is -2.68. The zero-order valence-corrected chi connectivity index (χ0v) is 34.7. The van der Waals surface area contributed by atoms with E-state index in [1.165, 1.54) is 0 Å². The SMILES string of the molecule is CCC1C(=O)N2C=C(/C=C3\C=C(C(CC4C5(CO5)C(N5CCOCC5)CC5[C@]4(C)CC[C@@H](O)[C@@]5(C)CO)NC(C)C(=O)CC4=NCC=N4)C(=O)O3)C=CC2N1C.O=C=O. The topological polar surface area (TPSA) is 203 Å². The molecular weight excluding hydrogens is 761 g/mol. The summed E-state index contributed by atoms with van der Waals surface area (Å²) in [5.41, 5.74) is -0.456. The average molecular weight is 819 g/mol. The van der Waals surface area contributed by atoms with Gasteiger partial charge in [0.1, 0.15) is 23.4 Å². The van der Waals surface area contributed by atoms with Gasteiger partial charge in [0, 0.05) is 43.0 Å². The Morgan fingerprint density at radius 1 is 1.20 bits per heavy atom. The lowest BCUT2D eigenvalue weighted by molar-refractivity contribution is -0.197. The normalized spacial score (nSPS) is 38.1. The van der Waals surface area contributed by atoms with Crippen LogP contribution in [0.15, 0.2) is 57.4 Å². The zero-order valence-electron chi connectivity index (χ0n) is 34.7. The number of ether oxygens (including phenoxy) is 3. The number of rotatable bonds is 12. The fourth-order valence-electron chi connectivity index (χ4n) is 11.3. The smallest absolute Gasteiger partial charge is 0.373 e. The van der Waals surface area contributed by atoms with Gasteiger partial charge in [0.15, 0.2) is 5.78 Å². The van der Waals surface area contributed by atoms with E-state index in [0.717, 1.165) is 31.5 Å². The molecule has 8 unspecified atom stereocenters. The summed E-state index contributed by atoms with van der Waals surface area (Å²) in [6.45, 7) is 11.8. The Morgan fingerprint density at radius 3 is 2.58 bits per heavy atom. The number of amides is 1. The standard InChI is InChI=1S/C42H58N6O8.CO2/c1-6-30-38(52)48-22-26(7-8-37(48)46(30)5)17-27-18-28(39(53)56-27)29(45-25(2)31(50)20-36-43-11-12-44-36)19-33-40(3)10-9-35(51)41(4,23-49)32(40)21-34(42(33)24-55-42)47-13-15-54-16-14-47;2-1-3/h7-8,11,17-18,22,25,29-30,32-35,37,45,49,51H,6,9-10,12-16,19-21,23-24H2,1-5H3;/b27-17+;/t25?,29?,30?,32?,33?,34?,35-,37?,40+,41+,42?;/m1./s1. The van der Waals surface area contributed by atoms with Crippen LogP contribution in [0, 0.1) is 22.7 Å². The Kier molecular flexibility index (Phi) is 12.5. The molecule has 8 rings (SSSR count). The Bertz CT molecular complexity index is 1890. The molecule has 1 spiro atoms. The number of nitrogens with zero attached hydrogens (tertiary/aromatic N) is 5. The molecule has 320 valence electrons. The highest BCUT2D eigenvalue weighted by atomic mass is 16.6. The second-order valence-electron chi connectivity index (χ2n) is 17.7. The molecule has 6 aliphatic heterocycles. The van der Waals surface area contributed by atoms with E-state index < -0.39 is 35.2 Å². The summed E-state index contributed by atoms with van der Waals surface area (Å²) in [5, 5.41) is 26.0. The van der Waals surface area contributed by atoms with Crippen molar-refractivity contribution in [1.29, 1.82) is 0 Å². The van der Waals surface area contributed by atoms with Crippen LogP contribution in [0.1, 0.15) is 66.2 Å². The van der Waals surface area contributed by atoms with Crippen molar-refractivity contribution in [2.75, 3.05) is 53.1 Å². The number of allylic oxidation sites excluding steroid dienone is 4. The number of morpholine rings is 1. The lowest BCUT2D eigenvalue weighted by Gasteiger charge is -2.64. The monoisotopic (exact) mass is 818 g/mol. The molecule has 8 aliphatic rings. The van der Waals surface area contributed by atoms with Gasteiger partial charge in [-0.1, -0.05) is 26.8 Å². The van der Waals surface area contributed by atoms with Crippen LogP contribution in [0.5, 0.6) is 0 Å². The van der Waals surface area contributed by atoms with Gasteiger partial charge in [-0.25, -0.2) is 9.79 Å². The van der Waals surface area contributed by atoms with Crippen molar-refractivity contribution in [3.8, 4) is 0 Å². The van der Waals surface area contributed by atoms with Gasteiger partial charge >= 0.3 is 12.1 Å². The third kappa shape index (κ3) is 7.90. The van der Waals surface area contributed by atoms with E-state index in [1.807, 2.05) is 46.2 Å². The van der Waals surface area contributed by atoms with Crippen LogP contribution in [-0.4, -0.2) is 156 Å². The van der Waals surface area contributed by atoms with E-state index in [4.69, 9.17) is 23.8 Å². The minimum absolute atomic E-state index is 0.0251. The molecule has 16 nitrogen and oxygen atoms in total. The molecule has 5 fully saturated rings. The Labute approximate surface area is 345 Å². The van der Waals surface area contributed by atoms with E-state index in [1.54, 1.807) is 23.3 Å². The zero-order chi connectivity index (χ0) is 42.3. The molecule has 0 aromatic heterocycles. The molecule has 0 aromatic rings. The van der Waals surface area contributed by atoms with Crippen molar-refractivity contribution < 1.29 is 48.4 Å². The molecular formula is C43H58N6O10. The number of fused-ring (bicyclic) bond motifs is 2. The summed E-state index contributed by atoms with van der Waals surface area (Å²) < 4.78 is 18.3. The summed E-state index contributed by atoms with van der Waals surface area (Å²) in [6, 6.07) is -1.41. The number of aliphatic hydroxyl groups excluding tert-OH is 2. The molecule has 59 heavy (non-hydrogen) atoms. The van der Waals surface area contributed by atoms with Crippen LogP contribution in [0.4, 0.5) is 0 Å². The summed E-state index contributed by atoms with van der Waals surface area (Å²) in [7, 11) is 1.95. The molecule has 3 saturated heterocycles. The maximum Gasteiger partial charge on any atom is 0.373 e. The highest BCUT2D eigenvalue weighted by Gasteiger charge is 2.71. The lowest BCUT2D eigenvalue weighted by atomic mass is 9.43. The summed E-state index contributed by atoms with van der Waals surface area (Å²) in [4.78, 5) is 72.0. The number of amidine groups is 1. The fraction of sp³-hybridized carbons (Fsp3) is 0.674. The second kappa shape index (κ2) is 17.2. The number of carbonyl (C=O) groups is 3. The summed E-state index contributed by atoms with van der Waals surface area (Å²) in [5.74, 6) is 0.176. The largest absolute Gasteiger partial charge is 0.423 e. The van der Waals surface area contributed by atoms with E-state index in [2.05, 4.69) is 32.0 Å². The van der Waals surface area contributed by atoms with E-state index >= 15 is 0 Å². The van der Waals surface area contributed by atoms with E-state index in [-0.39, 0.29) is 66.4 Å². The molecule has 6 heterocycles. The molecule has 2 aliphatic carbocycles. The number of carbonyl (C=O) groups excluding carboxylic acids is 5. The molecule has 11 atom stereocenters. The molecule has 16 heteroatoms. The minimum Gasteiger partial charge on any atom is -0.423 e. The molecule has 0 aromatic carbocycles. The van der Waals surface area contributed by atoms with Crippen LogP contribution in [0.25, 0.3) is 0 Å². The van der Waals surface area contributed by atoms with Crippen molar-refractivity contribution in [3.05, 3.63) is 47.4 Å². The molecule has 2 saturated carbocycles. The number of cyclic esters (lactones) is 1. The number of likely N-dealkylation sites (N-methyl/N-ethyl adjacent to an activating group) is 1. The maximum atomic E-state index is 14.0. The fourth-order valence-corrected chi connectivity index (χ4v) is 11.3.